The largest absolute Gasteiger partial charge is 0.356 e. The fraction of sp³-hybridized carbons (Fsp3) is 0.391. The van der Waals surface area contributed by atoms with Gasteiger partial charge in [0.2, 0.25) is 5.91 Å². The number of carbonyl (C=O) groups is 2. The Labute approximate surface area is 186 Å². The summed E-state index contributed by atoms with van der Waals surface area (Å²) in [6.07, 6.45) is 3.15. The number of carbonyl (C=O) groups excluding carboxylic acids is 2. The van der Waals surface area contributed by atoms with Gasteiger partial charge in [-0.25, -0.2) is 9.97 Å². The first kappa shape index (κ1) is 21.2. The van der Waals surface area contributed by atoms with Crippen LogP contribution >= 0.6 is 11.3 Å². The zero-order valence-corrected chi connectivity index (χ0v) is 19.1. The van der Waals surface area contributed by atoms with Crippen molar-refractivity contribution < 1.29 is 9.59 Å². The number of fused-ring (bicyclic) bond motifs is 1. The summed E-state index contributed by atoms with van der Waals surface area (Å²) >= 11 is 1.70. The molecular weight excluding hydrogens is 410 g/mol. The summed E-state index contributed by atoms with van der Waals surface area (Å²) in [5.41, 5.74) is 2.46. The average molecular weight is 438 g/mol. The number of hydrogen-bond donors (Lipinski definition) is 1. The van der Waals surface area contributed by atoms with Gasteiger partial charge in [-0.1, -0.05) is 6.07 Å². The predicted molar refractivity (Wildman–Crippen MR) is 125 cm³/mol. The van der Waals surface area contributed by atoms with Gasteiger partial charge in [0.05, 0.1) is 5.39 Å². The molecule has 3 heterocycles. The molecule has 8 heteroatoms. The van der Waals surface area contributed by atoms with Crippen molar-refractivity contribution in [3.8, 4) is 0 Å². The van der Waals surface area contributed by atoms with Gasteiger partial charge in [-0.2, -0.15) is 0 Å². The molecular formula is C23H27N5O2S. The molecule has 1 aromatic carbocycles. The molecule has 7 nitrogen and oxygen atoms in total. The maximum absolute atomic E-state index is 12.8. The number of aryl methyl sites for hydroxylation is 2. The number of anilines is 2. The van der Waals surface area contributed by atoms with Crippen molar-refractivity contribution >= 4 is 44.9 Å². The molecule has 1 fully saturated rings. The number of nitrogens with one attached hydrogen (secondary N) is 1. The van der Waals surface area contributed by atoms with E-state index in [9.17, 15) is 9.59 Å². The minimum absolute atomic E-state index is 0.00416. The lowest BCUT2D eigenvalue weighted by Crippen LogP contribution is -2.38. The highest BCUT2D eigenvalue weighted by molar-refractivity contribution is 7.18. The normalized spacial score (nSPS) is 14.6. The maximum atomic E-state index is 12.8. The van der Waals surface area contributed by atoms with E-state index in [1.165, 1.54) is 15.3 Å². The average Bonchev–Trinajstić information content (AvgIpc) is 3.07. The highest BCUT2D eigenvalue weighted by Gasteiger charge is 2.27. The molecule has 31 heavy (non-hydrogen) atoms. The molecule has 4 rings (SSSR count). The van der Waals surface area contributed by atoms with E-state index < -0.39 is 0 Å². The van der Waals surface area contributed by atoms with Gasteiger partial charge in [-0.3, -0.25) is 9.59 Å². The molecule has 2 amide bonds. The molecule has 1 saturated heterocycles. The quantitative estimate of drug-likeness (QED) is 0.670. The Bertz CT molecular complexity index is 1130. The Hall–Kier alpha value is -3.00. The summed E-state index contributed by atoms with van der Waals surface area (Å²) in [4.78, 5) is 40.1. The lowest BCUT2D eigenvalue weighted by molar-refractivity contribution is -0.120. The molecule has 162 valence electrons. The molecule has 1 aliphatic rings. The smallest absolute Gasteiger partial charge is 0.253 e. The number of aromatic nitrogens is 2. The number of hydrogen-bond acceptors (Lipinski definition) is 6. The first-order valence-electron chi connectivity index (χ1n) is 10.4. The predicted octanol–water partition coefficient (Wildman–Crippen LogP) is 3.87. The SMILES string of the molecule is Cc1sc2ncnc(N3CCC(C(=O)Nc4cccc(C(=O)N(C)C)c4)CC3)c2c1C. The zero-order chi connectivity index (χ0) is 22.1. The van der Waals surface area contributed by atoms with Crippen LogP contribution in [0.2, 0.25) is 0 Å². The van der Waals surface area contributed by atoms with Crippen LogP contribution in [-0.4, -0.2) is 53.9 Å². The van der Waals surface area contributed by atoms with Crippen molar-refractivity contribution in [2.24, 2.45) is 5.92 Å². The van der Waals surface area contributed by atoms with Crippen molar-refractivity contribution in [1.29, 1.82) is 0 Å². The van der Waals surface area contributed by atoms with E-state index in [0.717, 1.165) is 42.0 Å². The minimum Gasteiger partial charge on any atom is -0.356 e. The highest BCUT2D eigenvalue weighted by Crippen LogP contribution is 2.35. The molecule has 2 aromatic heterocycles. The van der Waals surface area contributed by atoms with E-state index in [-0.39, 0.29) is 17.7 Å². The summed E-state index contributed by atoms with van der Waals surface area (Å²) in [7, 11) is 3.43. The summed E-state index contributed by atoms with van der Waals surface area (Å²) < 4.78 is 0. The van der Waals surface area contributed by atoms with Gasteiger partial charge in [-0.05, 0) is 50.5 Å². The van der Waals surface area contributed by atoms with Crippen molar-refractivity contribution in [3.63, 3.8) is 0 Å². The van der Waals surface area contributed by atoms with Crippen molar-refractivity contribution in [3.05, 3.63) is 46.6 Å². The summed E-state index contributed by atoms with van der Waals surface area (Å²) in [5, 5.41) is 4.12. The molecule has 0 radical (unpaired) electrons. The first-order valence-corrected chi connectivity index (χ1v) is 11.2. The van der Waals surface area contributed by atoms with Crippen LogP contribution < -0.4 is 10.2 Å². The molecule has 0 spiro atoms. The highest BCUT2D eigenvalue weighted by atomic mass is 32.1. The second-order valence-corrected chi connectivity index (χ2v) is 9.39. The number of piperidine rings is 1. The third-order valence-corrected chi connectivity index (χ3v) is 7.01. The van der Waals surface area contributed by atoms with Crippen LogP contribution in [0.4, 0.5) is 11.5 Å². The standard InChI is InChI=1S/C23H27N5O2S/c1-14-15(2)31-22-19(14)20(24-13-25-22)28-10-8-16(9-11-28)21(29)26-18-7-5-6-17(12-18)23(30)27(3)4/h5-7,12-13,16H,8-11H2,1-4H3,(H,26,29). The molecule has 0 atom stereocenters. The number of nitrogens with zero attached hydrogens (tertiary/aromatic N) is 4. The monoisotopic (exact) mass is 437 g/mol. The van der Waals surface area contributed by atoms with E-state index in [0.29, 0.717) is 11.3 Å². The minimum atomic E-state index is -0.0838. The molecule has 1 N–H and O–H groups in total. The fourth-order valence-corrected chi connectivity index (χ4v) is 4.98. The number of rotatable bonds is 4. The molecule has 1 aliphatic heterocycles. The number of benzene rings is 1. The fourth-order valence-electron chi connectivity index (χ4n) is 3.99. The van der Waals surface area contributed by atoms with Crippen LogP contribution in [0, 0.1) is 19.8 Å². The number of amides is 2. The van der Waals surface area contributed by atoms with Crippen molar-refractivity contribution in [1.82, 2.24) is 14.9 Å². The lowest BCUT2D eigenvalue weighted by Gasteiger charge is -2.32. The molecule has 0 unspecified atom stereocenters. The van der Waals surface area contributed by atoms with Crippen molar-refractivity contribution in [2.45, 2.75) is 26.7 Å². The molecule has 0 saturated carbocycles. The Balaban J connectivity index is 1.42. The Morgan fingerprint density at radius 1 is 1.16 bits per heavy atom. The van der Waals surface area contributed by atoms with Gasteiger partial charge in [0, 0.05) is 49.2 Å². The van der Waals surface area contributed by atoms with Crippen LogP contribution in [-0.2, 0) is 4.79 Å². The van der Waals surface area contributed by atoms with E-state index in [1.54, 1.807) is 50.0 Å². The third kappa shape index (κ3) is 4.25. The second kappa shape index (κ2) is 8.63. The van der Waals surface area contributed by atoms with Crippen LogP contribution in [0.5, 0.6) is 0 Å². The van der Waals surface area contributed by atoms with Crippen LogP contribution in [0.25, 0.3) is 10.2 Å². The van der Waals surface area contributed by atoms with Gasteiger partial charge >= 0.3 is 0 Å². The molecule has 0 bridgehead atoms. The van der Waals surface area contributed by atoms with Gasteiger partial charge in [-0.15, -0.1) is 11.3 Å². The Kier molecular flexibility index (Phi) is 5.91. The molecule has 3 aromatic rings. The van der Waals surface area contributed by atoms with Gasteiger partial charge in [0.15, 0.2) is 0 Å². The third-order valence-electron chi connectivity index (χ3n) is 5.89. The number of thiophene rings is 1. The summed E-state index contributed by atoms with van der Waals surface area (Å²) in [6.45, 7) is 5.79. The second-order valence-electron chi connectivity index (χ2n) is 8.19. The van der Waals surface area contributed by atoms with E-state index in [2.05, 4.69) is 34.0 Å². The molecule has 0 aliphatic carbocycles. The van der Waals surface area contributed by atoms with Gasteiger partial charge < -0.3 is 15.1 Å². The Morgan fingerprint density at radius 2 is 1.90 bits per heavy atom. The summed E-state index contributed by atoms with van der Waals surface area (Å²) in [6, 6.07) is 7.10. The van der Waals surface area contributed by atoms with E-state index in [4.69, 9.17) is 0 Å². The van der Waals surface area contributed by atoms with Crippen LogP contribution in [0.15, 0.2) is 30.6 Å². The van der Waals surface area contributed by atoms with Gasteiger partial charge in [0.1, 0.15) is 17.0 Å². The van der Waals surface area contributed by atoms with E-state index in [1.807, 2.05) is 6.07 Å². The van der Waals surface area contributed by atoms with Crippen molar-refractivity contribution in [2.75, 3.05) is 37.4 Å². The lowest BCUT2D eigenvalue weighted by atomic mass is 9.95. The summed E-state index contributed by atoms with van der Waals surface area (Å²) in [5.74, 6) is 0.830. The van der Waals surface area contributed by atoms with Gasteiger partial charge in [0.25, 0.3) is 5.91 Å². The zero-order valence-electron chi connectivity index (χ0n) is 18.3. The topological polar surface area (TPSA) is 78.4 Å². The van der Waals surface area contributed by atoms with Crippen LogP contribution in [0.3, 0.4) is 0 Å². The maximum Gasteiger partial charge on any atom is 0.253 e. The van der Waals surface area contributed by atoms with E-state index >= 15 is 0 Å². The first-order chi connectivity index (χ1) is 14.8. The Morgan fingerprint density at radius 3 is 2.61 bits per heavy atom. The van der Waals surface area contributed by atoms with Crippen LogP contribution in [0.1, 0.15) is 33.6 Å².